The summed E-state index contributed by atoms with van der Waals surface area (Å²) >= 11 is 25.5. The molecule has 47 heavy (non-hydrogen) atoms. The number of hydrogen-bond acceptors (Lipinski definition) is 5. The van der Waals surface area contributed by atoms with Gasteiger partial charge < -0.3 is 15.2 Å². The molecule has 0 radical (unpaired) electrons. The summed E-state index contributed by atoms with van der Waals surface area (Å²) in [6.45, 7) is 1.25. The SMILES string of the molecule is CC(=O)O[C@@]12C3=C(CCC3)C(c3ccc(Cl)cc3)(c3ccc(Cl)cc3)[C@]1(C(N)=O)C(=O)OC2(c1ccc(Cl)cc1)c1ccc(Cl)cc1. The van der Waals surface area contributed by atoms with Crippen molar-refractivity contribution >= 4 is 64.2 Å². The molecule has 10 heteroatoms. The largest absolute Gasteiger partial charge is 0.448 e. The first-order valence-electron chi connectivity index (χ1n) is 15.0. The van der Waals surface area contributed by atoms with E-state index in [2.05, 4.69) is 0 Å². The Kier molecular flexibility index (Phi) is 7.52. The number of rotatable bonds is 6. The highest BCUT2D eigenvalue weighted by atomic mass is 35.5. The molecule has 1 heterocycles. The lowest BCUT2D eigenvalue weighted by Crippen LogP contribution is -2.69. The van der Waals surface area contributed by atoms with Crippen LogP contribution >= 0.6 is 46.4 Å². The molecule has 0 bridgehead atoms. The molecule has 2 aliphatic carbocycles. The van der Waals surface area contributed by atoms with Crippen molar-refractivity contribution in [3.05, 3.63) is 151 Å². The van der Waals surface area contributed by atoms with Gasteiger partial charge in [-0.2, -0.15) is 0 Å². The summed E-state index contributed by atoms with van der Waals surface area (Å²) in [7, 11) is 0. The van der Waals surface area contributed by atoms with Crippen LogP contribution in [0.2, 0.25) is 20.1 Å². The van der Waals surface area contributed by atoms with Gasteiger partial charge in [-0.25, -0.2) is 0 Å². The van der Waals surface area contributed by atoms with E-state index in [9.17, 15) is 9.59 Å². The molecule has 6 nitrogen and oxygen atoms in total. The van der Waals surface area contributed by atoms with Crippen molar-refractivity contribution in [3.63, 3.8) is 0 Å². The van der Waals surface area contributed by atoms with Crippen LogP contribution in [0.15, 0.2) is 108 Å². The number of carbonyl (C=O) groups excluding carboxylic acids is 3. The lowest BCUT2D eigenvalue weighted by molar-refractivity contribution is -0.182. The second-order valence-corrected chi connectivity index (χ2v) is 13.8. The van der Waals surface area contributed by atoms with E-state index in [0.29, 0.717) is 67.2 Å². The molecule has 0 unspecified atom stereocenters. The first-order chi connectivity index (χ1) is 22.5. The van der Waals surface area contributed by atoms with Gasteiger partial charge in [-0.1, -0.05) is 101 Å². The number of allylic oxidation sites excluding steroid dienone is 1. The van der Waals surface area contributed by atoms with Gasteiger partial charge in [0.25, 0.3) is 0 Å². The number of benzene rings is 4. The number of cyclic esters (lactones) is 1. The number of nitrogens with two attached hydrogens (primary N) is 1. The van der Waals surface area contributed by atoms with Gasteiger partial charge in [-0.3, -0.25) is 14.4 Å². The molecule has 1 aliphatic heterocycles. The maximum atomic E-state index is 15.4. The molecule has 4 aromatic rings. The third-order valence-electron chi connectivity index (χ3n) is 9.96. The molecular weight excluding hydrogens is 680 g/mol. The molecule has 3 aliphatic rings. The molecule has 0 spiro atoms. The highest BCUT2D eigenvalue weighted by Crippen LogP contribution is 2.77. The summed E-state index contributed by atoms with van der Waals surface area (Å²) in [5, 5.41) is 1.75. The van der Waals surface area contributed by atoms with Gasteiger partial charge in [0.15, 0.2) is 0 Å². The summed E-state index contributed by atoms with van der Waals surface area (Å²) in [6, 6.07) is 27.3. The van der Waals surface area contributed by atoms with Crippen molar-refractivity contribution in [3.8, 4) is 0 Å². The molecule has 0 saturated carbocycles. The number of primary amides is 1. The molecular formula is C37H27Cl4NO5. The van der Waals surface area contributed by atoms with Gasteiger partial charge >= 0.3 is 11.9 Å². The Morgan fingerprint density at radius 1 is 0.660 bits per heavy atom. The zero-order valence-corrected chi connectivity index (χ0v) is 28.0. The Morgan fingerprint density at radius 3 is 1.43 bits per heavy atom. The smallest absolute Gasteiger partial charge is 0.329 e. The van der Waals surface area contributed by atoms with Gasteiger partial charge in [0.05, 0.1) is 5.41 Å². The molecule has 2 atom stereocenters. The van der Waals surface area contributed by atoms with Gasteiger partial charge in [0, 0.05) is 38.1 Å². The maximum absolute atomic E-state index is 15.4. The fourth-order valence-corrected chi connectivity index (χ4v) is 9.12. The van der Waals surface area contributed by atoms with E-state index in [-0.39, 0.29) is 0 Å². The van der Waals surface area contributed by atoms with E-state index in [1.54, 1.807) is 97.1 Å². The number of carbonyl (C=O) groups is 3. The number of esters is 2. The van der Waals surface area contributed by atoms with Crippen LogP contribution < -0.4 is 5.73 Å². The third kappa shape index (κ3) is 3.96. The number of fused-ring (bicyclic) bond motifs is 2. The Balaban J connectivity index is 1.75. The quantitative estimate of drug-likeness (QED) is 0.124. The minimum atomic E-state index is -2.36. The van der Waals surface area contributed by atoms with Crippen molar-refractivity contribution in [1.82, 2.24) is 0 Å². The average Bonchev–Trinajstić information content (AvgIpc) is 3.67. The van der Waals surface area contributed by atoms with Crippen LogP contribution in [0.1, 0.15) is 48.4 Å². The van der Waals surface area contributed by atoms with Crippen LogP contribution in [0, 0.1) is 5.41 Å². The average molecular weight is 707 g/mol. The fourth-order valence-electron chi connectivity index (χ4n) is 8.62. The highest BCUT2D eigenvalue weighted by Gasteiger charge is 2.92. The van der Waals surface area contributed by atoms with Gasteiger partial charge in [-0.05, 0) is 84.5 Å². The van der Waals surface area contributed by atoms with Gasteiger partial charge in [-0.15, -0.1) is 0 Å². The van der Waals surface area contributed by atoms with E-state index in [0.717, 1.165) is 5.57 Å². The van der Waals surface area contributed by atoms with E-state index < -0.39 is 39.9 Å². The van der Waals surface area contributed by atoms with Crippen LogP contribution in [0.5, 0.6) is 0 Å². The van der Waals surface area contributed by atoms with Crippen molar-refractivity contribution in [2.24, 2.45) is 11.1 Å². The third-order valence-corrected chi connectivity index (χ3v) is 11.0. The number of halogens is 4. The Hall–Kier alpha value is -3.81. The molecule has 0 aromatic heterocycles. The predicted molar refractivity (Wildman–Crippen MR) is 180 cm³/mol. The molecule has 4 aromatic carbocycles. The first-order valence-corrected chi connectivity index (χ1v) is 16.5. The zero-order valence-electron chi connectivity index (χ0n) is 25.0. The van der Waals surface area contributed by atoms with Gasteiger partial charge in [0.2, 0.25) is 22.5 Å². The lowest BCUT2D eigenvalue weighted by atomic mass is 9.49. The summed E-state index contributed by atoms with van der Waals surface area (Å²) in [5.74, 6) is -2.70. The van der Waals surface area contributed by atoms with E-state index >= 15 is 4.79 Å². The molecule has 238 valence electrons. The molecule has 7 rings (SSSR count). The standard InChI is InChI=1S/C37H27Cl4NO5/c1-21(43)46-37-31-4-2-3-30(31)34(22-5-13-26(38)14-6-22,23-7-15-27(39)16-8-23)35(37,32(42)44)33(45)47-36(37,24-9-17-28(40)18-10-24)25-11-19-29(41)20-12-25/h5-20H,2-4H2,1H3,(H2,42,44)/t35-,37-/m0/s1. The minimum Gasteiger partial charge on any atom is -0.448 e. The Bertz CT molecular complexity index is 1880. The highest BCUT2D eigenvalue weighted by molar-refractivity contribution is 6.31. The van der Waals surface area contributed by atoms with Crippen molar-refractivity contribution in [2.45, 2.75) is 42.8 Å². The van der Waals surface area contributed by atoms with E-state index in [1.165, 1.54) is 6.92 Å². The van der Waals surface area contributed by atoms with Gasteiger partial charge in [0.1, 0.15) is 0 Å². The first kappa shape index (κ1) is 31.8. The molecule has 2 N–H and O–H groups in total. The summed E-state index contributed by atoms with van der Waals surface area (Å²) in [6.07, 6.45) is 1.51. The van der Waals surface area contributed by atoms with E-state index in [4.69, 9.17) is 61.6 Å². The second-order valence-electron chi connectivity index (χ2n) is 12.0. The normalized spacial score (nSPS) is 23.6. The van der Waals surface area contributed by atoms with Crippen molar-refractivity contribution < 1.29 is 23.9 Å². The number of hydrogen-bond donors (Lipinski definition) is 1. The minimum absolute atomic E-state index is 0.389. The number of amides is 1. The topological polar surface area (TPSA) is 95.7 Å². The maximum Gasteiger partial charge on any atom is 0.329 e. The van der Waals surface area contributed by atoms with Crippen molar-refractivity contribution in [2.75, 3.05) is 0 Å². The van der Waals surface area contributed by atoms with Crippen LogP contribution in [0.3, 0.4) is 0 Å². The summed E-state index contributed by atoms with van der Waals surface area (Å²) in [4.78, 5) is 43.8. The fraction of sp³-hybridized carbons (Fsp3) is 0.216. The zero-order chi connectivity index (χ0) is 33.4. The Morgan fingerprint density at radius 2 is 1.04 bits per heavy atom. The van der Waals surface area contributed by atoms with Crippen LogP contribution in [0.4, 0.5) is 0 Å². The Labute approximate surface area is 291 Å². The molecule has 1 amide bonds. The molecule has 1 fully saturated rings. The molecule has 1 saturated heterocycles. The van der Waals surface area contributed by atoms with Crippen LogP contribution in [0.25, 0.3) is 0 Å². The monoisotopic (exact) mass is 705 g/mol. The van der Waals surface area contributed by atoms with Crippen LogP contribution in [-0.2, 0) is 34.9 Å². The number of ether oxygens (including phenoxy) is 2. The predicted octanol–water partition coefficient (Wildman–Crippen LogP) is 8.35. The van der Waals surface area contributed by atoms with Crippen molar-refractivity contribution in [1.29, 1.82) is 0 Å². The summed E-state index contributed by atoms with van der Waals surface area (Å²) < 4.78 is 13.3. The summed E-state index contributed by atoms with van der Waals surface area (Å²) in [5.41, 5.74) is 1.89. The lowest BCUT2D eigenvalue weighted by Gasteiger charge is -2.51. The van der Waals surface area contributed by atoms with E-state index in [1.807, 2.05) is 0 Å². The van der Waals surface area contributed by atoms with Crippen LogP contribution in [-0.4, -0.2) is 23.4 Å². The second kappa shape index (κ2) is 11.1.